The van der Waals surface area contributed by atoms with Crippen molar-refractivity contribution >= 4 is 7.37 Å². The van der Waals surface area contributed by atoms with Crippen LogP contribution in [-0.4, -0.2) is 12.3 Å². The molecule has 1 atom stereocenters. The Morgan fingerprint density at radius 1 is 1.50 bits per heavy atom. The molecule has 0 aliphatic carbocycles. The van der Waals surface area contributed by atoms with Crippen LogP contribution in [0.3, 0.4) is 0 Å². The van der Waals surface area contributed by atoms with Gasteiger partial charge in [0.1, 0.15) is 0 Å². The van der Waals surface area contributed by atoms with Crippen LogP contribution < -0.4 is 34.5 Å². The fourth-order valence-corrected chi connectivity index (χ4v) is 0. The molecule has 2 nitrogen and oxygen atoms in total. The molecule has 0 fully saturated rings. The van der Waals surface area contributed by atoms with Crippen LogP contribution in [0.4, 0.5) is 0 Å². The molecule has 0 radical (unpaired) electrons. The zero-order valence-electron chi connectivity index (χ0n) is 5.84. The van der Waals surface area contributed by atoms with Gasteiger partial charge in [0.05, 0.1) is 0 Å². The van der Waals surface area contributed by atoms with Gasteiger partial charge in [0, 0.05) is 7.37 Å². The van der Waals surface area contributed by atoms with Crippen LogP contribution in [0, 0.1) is 0 Å². The van der Waals surface area contributed by atoms with Gasteiger partial charge in [0.2, 0.25) is 0 Å². The summed E-state index contributed by atoms with van der Waals surface area (Å²) >= 11 is 0. The molecule has 0 heterocycles. The van der Waals surface area contributed by atoms with E-state index in [1.54, 1.807) is 13.8 Å². The van der Waals surface area contributed by atoms with Crippen molar-refractivity contribution in [1.29, 1.82) is 0 Å². The second kappa shape index (κ2) is 4.08. The topological polar surface area (TPSA) is 40.1 Å². The van der Waals surface area contributed by atoms with E-state index in [1.807, 2.05) is 0 Å². The fourth-order valence-electron chi connectivity index (χ4n) is 0. The Labute approximate surface area is 72.4 Å². The summed E-state index contributed by atoms with van der Waals surface area (Å²) in [5.41, 5.74) is -0.201. The standard InChI is InChI=1S/C4H11O2P.Na/c1-4(2)7(3,5)6;/h4H,1-3H3,(H,5,6);/q;+1/p-1. The molecule has 0 aliphatic heterocycles. The summed E-state index contributed by atoms with van der Waals surface area (Å²) in [7, 11) is -2.99. The summed E-state index contributed by atoms with van der Waals surface area (Å²) in [4.78, 5) is 10.4. The molecular formula is C4H10NaO2P. The first-order valence-electron chi connectivity index (χ1n) is 2.23. The van der Waals surface area contributed by atoms with Gasteiger partial charge in [-0.1, -0.05) is 13.8 Å². The number of rotatable bonds is 1. The molecule has 0 saturated carbocycles. The van der Waals surface area contributed by atoms with E-state index in [0.29, 0.717) is 0 Å². The molecule has 4 heteroatoms. The monoisotopic (exact) mass is 144 g/mol. The second-order valence-electron chi connectivity index (χ2n) is 2.00. The molecule has 0 aliphatic rings. The van der Waals surface area contributed by atoms with Gasteiger partial charge >= 0.3 is 29.6 Å². The molecule has 0 aromatic rings. The predicted octanol–water partition coefficient (Wildman–Crippen LogP) is -2.33. The van der Waals surface area contributed by atoms with E-state index in [-0.39, 0.29) is 35.2 Å². The van der Waals surface area contributed by atoms with Gasteiger partial charge in [-0.05, 0) is 12.3 Å². The maximum Gasteiger partial charge on any atom is 1.00 e. The van der Waals surface area contributed by atoms with Crippen LogP contribution in [0.1, 0.15) is 13.8 Å². The zero-order chi connectivity index (χ0) is 6.08. The summed E-state index contributed by atoms with van der Waals surface area (Å²) in [6, 6.07) is 0. The Morgan fingerprint density at radius 3 is 1.62 bits per heavy atom. The molecule has 1 unspecified atom stereocenters. The maximum atomic E-state index is 10.4. The van der Waals surface area contributed by atoms with E-state index in [1.165, 1.54) is 6.66 Å². The van der Waals surface area contributed by atoms with Crippen molar-refractivity contribution < 1.29 is 39.0 Å². The van der Waals surface area contributed by atoms with Gasteiger partial charge in [0.25, 0.3) is 0 Å². The van der Waals surface area contributed by atoms with Crippen LogP contribution in [0.2, 0.25) is 0 Å². The van der Waals surface area contributed by atoms with Crippen LogP contribution in [0.5, 0.6) is 0 Å². The van der Waals surface area contributed by atoms with E-state index in [9.17, 15) is 9.46 Å². The molecule has 0 saturated heterocycles. The molecule has 0 bridgehead atoms. The Bertz CT molecular complexity index is 96.2. The third kappa shape index (κ3) is 5.33. The quantitative estimate of drug-likeness (QED) is 0.306. The van der Waals surface area contributed by atoms with E-state index in [0.717, 1.165) is 0 Å². The zero-order valence-corrected chi connectivity index (χ0v) is 8.74. The van der Waals surface area contributed by atoms with E-state index in [4.69, 9.17) is 0 Å². The predicted molar refractivity (Wildman–Crippen MR) is 28.7 cm³/mol. The first-order chi connectivity index (χ1) is 2.94. The summed E-state index contributed by atoms with van der Waals surface area (Å²) < 4.78 is 10.4. The molecule has 0 aromatic heterocycles. The van der Waals surface area contributed by atoms with Gasteiger partial charge in [-0.15, -0.1) is 0 Å². The Morgan fingerprint density at radius 2 is 1.62 bits per heavy atom. The molecule has 0 N–H and O–H groups in total. The van der Waals surface area contributed by atoms with Crippen LogP contribution >= 0.6 is 7.37 Å². The molecule has 0 amide bonds. The maximum absolute atomic E-state index is 10.4. The first-order valence-corrected chi connectivity index (χ1v) is 4.37. The van der Waals surface area contributed by atoms with Crippen LogP contribution in [0.25, 0.3) is 0 Å². The second-order valence-corrected chi connectivity index (χ2v) is 4.85. The van der Waals surface area contributed by atoms with E-state index < -0.39 is 7.37 Å². The minimum absolute atomic E-state index is 0. The average Bonchev–Trinajstić information content (AvgIpc) is 1.31. The Balaban J connectivity index is 0. The molecule has 8 heavy (non-hydrogen) atoms. The third-order valence-electron chi connectivity index (χ3n) is 0.938. The number of hydrogen-bond acceptors (Lipinski definition) is 2. The molecular weight excluding hydrogens is 134 g/mol. The average molecular weight is 144 g/mol. The Hall–Kier alpha value is 1.19. The van der Waals surface area contributed by atoms with Crippen molar-refractivity contribution in [1.82, 2.24) is 0 Å². The van der Waals surface area contributed by atoms with Crippen molar-refractivity contribution in [3.8, 4) is 0 Å². The van der Waals surface area contributed by atoms with Gasteiger partial charge in [-0.2, -0.15) is 0 Å². The van der Waals surface area contributed by atoms with Crippen LogP contribution in [0.15, 0.2) is 0 Å². The van der Waals surface area contributed by atoms with E-state index >= 15 is 0 Å². The van der Waals surface area contributed by atoms with Crippen molar-refractivity contribution in [3.05, 3.63) is 0 Å². The largest absolute Gasteiger partial charge is 1.00 e. The van der Waals surface area contributed by atoms with Gasteiger partial charge in [-0.25, -0.2) is 0 Å². The normalized spacial score (nSPS) is 17.1. The van der Waals surface area contributed by atoms with Crippen LogP contribution in [-0.2, 0) is 4.57 Å². The number of hydrogen-bond donors (Lipinski definition) is 0. The minimum Gasteiger partial charge on any atom is -0.799 e. The van der Waals surface area contributed by atoms with Crippen molar-refractivity contribution in [2.75, 3.05) is 6.66 Å². The van der Waals surface area contributed by atoms with Gasteiger partial charge < -0.3 is 9.46 Å². The first kappa shape index (κ1) is 11.9. The molecule has 0 spiro atoms. The van der Waals surface area contributed by atoms with Crippen molar-refractivity contribution in [2.45, 2.75) is 19.5 Å². The van der Waals surface area contributed by atoms with Crippen molar-refractivity contribution in [3.63, 3.8) is 0 Å². The SMILES string of the molecule is CC(C)P(C)(=O)[O-].[Na+]. The third-order valence-corrected chi connectivity index (χ3v) is 2.81. The van der Waals surface area contributed by atoms with Crippen molar-refractivity contribution in [2.24, 2.45) is 0 Å². The molecule has 0 aromatic carbocycles. The summed E-state index contributed by atoms with van der Waals surface area (Å²) in [5, 5.41) is 0. The Kier molecular flexibility index (Phi) is 6.08. The smallest absolute Gasteiger partial charge is 0.799 e. The summed E-state index contributed by atoms with van der Waals surface area (Å²) in [5.74, 6) is 0. The van der Waals surface area contributed by atoms with E-state index in [2.05, 4.69) is 0 Å². The minimum atomic E-state index is -2.99. The summed E-state index contributed by atoms with van der Waals surface area (Å²) in [6.45, 7) is 4.61. The molecule has 44 valence electrons. The van der Waals surface area contributed by atoms with Gasteiger partial charge in [-0.3, -0.25) is 0 Å². The van der Waals surface area contributed by atoms with Gasteiger partial charge in [0.15, 0.2) is 0 Å². The summed E-state index contributed by atoms with van der Waals surface area (Å²) in [6.07, 6.45) is 0. The molecule has 0 rings (SSSR count). The fraction of sp³-hybridized carbons (Fsp3) is 1.00.